The summed E-state index contributed by atoms with van der Waals surface area (Å²) in [6.07, 6.45) is 4.35. The van der Waals surface area contributed by atoms with Gasteiger partial charge in [0.15, 0.2) is 0 Å². The van der Waals surface area contributed by atoms with E-state index in [-0.39, 0.29) is 0 Å². The molecule has 1 atom stereocenters. The predicted molar refractivity (Wildman–Crippen MR) is 88.9 cm³/mol. The van der Waals surface area contributed by atoms with Crippen LogP contribution in [0.4, 0.5) is 11.6 Å². The van der Waals surface area contributed by atoms with Crippen molar-refractivity contribution in [2.24, 2.45) is 0 Å². The molecule has 0 aliphatic carbocycles. The topological polar surface area (TPSA) is 49.8 Å². The zero-order valence-electron chi connectivity index (χ0n) is 12.8. The number of rotatable bonds is 7. The van der Waals surface area contributed by atoms with Crippen LogP contribution < -0.4 is 10.6 Å². The Hall–Kier alpha value is -0.970. The largest absolute Gasteiger partial charge is 0.370 e. The fourth-order valence-corrected chi connectivity index (χ4v) is 3.45. The number of thioether (sulfide) groups is 1. The Balaban J connectivity index is 2.19. The lowest BCUT2D eigenvalue weighted by Gasteiger charge is -2.18. The summed E-state index contributed by atoms with van der Waals surface area (Å²) in [5.74, 6) is 5.41. The highest BCUT2D eigenvalue weighted by Gasteiger charge is 2.18. The van der Waals surface area contributed by atoms with Crippen LogP contribution in [0.3, 0.4) is 0 Å². The van der Waals surface area contributed by atoms with Gasteiger partial charge in [0.05, 0.1) is 0 Å². The molecule has 1 fully saturated rings. The number of anilines is 2. The number of aryl methyl sites for hydroxylation is 1. The maximum atomic E-state index is 4.72. The SMILES string of the molecule is CCCNc1nc(CCC)nc(NC2CCSC2)c1C. The molecule has 0 amide bonds. The van der Waals surface area contributed by atoms with Crippen molar-refractivity contribution in [1.82, 2.24) is 9.97 Å². The molecule has 5 heteroatoms. The van der Waals surface area contributed by atoms with Crippen LogP contribution in [0.1, 0.15) is 44.5 Å². The van der Waals surface area contributed by atoms with Gasteiger partial charge < -0.3 is 10.6 Å². The highest BCUT2D eigenvalue weighted by atomic mass is 32.2. The molecule has 1 aliphatic rings. The Kier molecular flexibility index (Phi) is 5.95. The summed E-state index contributed by atoms with van der Waals surface area (Å²) >= 11 is 2.02. The number of nitrogens with one attached hydrogen (secondary N) is 2. The summed E-state index contributed by atoms with van der Waals surface area (Å²) in [4.78, 5) is 9.39. The molecule has 1 aliphatic heterocycles. The predicted octanol–water partition coefficient (Wildman–Crippen LogP) is 3.48. The minimum Gasteiger partial charge on any atom is -0.370 e. The van der Waals surface area contributed by atoms with Gasteiger partial charge in [-0.2, -0.15) is 11.8 Å². The van der Waals surface area contributed by atoms with Gasteiger partial charge in [0, 0.05) is 30.3 Å². The Morgan fingerprint density at radius 2 is 2.00 bits per heavy atom. The maximum Gasteiger partial charge on any atom is 0.135 e. The second kappa shape index (κ2) is 7.72. The molecule has 0 aromatic carbocycles. The molecule has 112 valence electrons. The molecular weight excluding hydrogens is 268 g/mol. The van der Waals surface area contributed by atoms with Crippen LogP contribution in [0.15, 0.2) is 0 Å². The smallest absolute Gasteiger partial charge is 0.135 e. The fraction of sp³-hybridized carbons (Fsp3) is 0.733. The van der Waals surface area contributed by atoms with Gasteiger partial charge in [-0.25, -0.2) is 9.97 Å². The van der Waals surface area contributed by atoms with Crippen molar-refractivity contribution < 1.29 is 0 Å². The third kappa shape index (κ3) is 4.01. The summed E-state index contributed by atoms with van der Waals surface area (Å²) in [5, 5.41) is 7.04. The quantitative estimate of drug-likeness (QED) is 0.806. The first-order chi connectivity index (χ1) is 9.74. The van der Waals surface area contributed by atoms with E-state index in [1.807, 2.05) is 11.8 Å². The molecule has 0 spiro atoms. The van der Waals surface area contributed by atoms with Crippen molar-refractivity contribution in [2.75, 3.05) is 28.7 Å². The van der Waals surface area contributed by atoms with Gasteiger partial charge in [-0.3, -0.25) is 0 Å². The molecule has 20 heavy (non-hydrogen) atoms. The molecule has 4 nitrogen and oxygen atoms in total. The van der Waals surface area contributed by atoms with E-state index >= 15 is 0 Å². The zero-order chi connectivity index (χ0) is 14.4. The molecule has 0 radical (unpaired) electrons. The maximum absolute atomic E-state index is 4.72. The molecule has 1 aromatic heterocycles. The van der Waals surface area contributed by atoms with Crippen LogP contribution >= 0.6 is 11.8 Å². The number of aromatic nitrogens is 2. The molecular formula is C15H26N4S. The molecule has 0 bridgehead atoms. The van der Waals surface area contributed by atoms with Crippen LogP contribution in [-0.2, 0) is 6.42 Å². The molecule has 2 heterocycles. The van der Waals surface area contributed by atoms with Crippen molar-refractivity contribution in [3.8, 4) is 0 Å². The average molecular weight is 294 g/mol. The lowest BCUT2D eigenvalue weighted by Crippen LogP contribution is -2.21. The van der Waals surface area contributed by atoms with Crippen molar-refractivity contribution in [2.45, 2.75) is 52.5 Å². The van der Waals surface area contributed by atoms with E-state index in [9.17, 15) is 0 Å². The molecule has 2 rings (SSSR count). The summed E-state index contributed by atoms with van der Waals surface area (Å²) in [5.41, 5.74) is 1.15. The minimum atomic E-state index is 0.558. The Morgan fingerprint density at radius 1 is 1.20 bits per heavy atom. The standard InChI is InChI=1S/C15H26N4S/c1-4-6-13-18-14(16-8-5-2)11(3)15(19-13)17-12-7-9-20-10-12/h12H,4-10H2,1-3H3,(H2,16,17,18,19). The van der Waals surface area contributed by atoms with Crippen LogP contribution in [0.25, 0.3) is 0 Å². The van der Waals surface area contributed by atoms with Crippen LogP contribution in [0.2, 0.25) is 0 Å². The van der Waals surface area contributed by atoms with Gasteiger partial charge in [0.1, 0.15) is 17.5 Å². The van der Waals surface area contributed by atoms with Gasteiger partial charge in [-0.1, -0.05) is 13.8 Å². The first-order valence-corrected chi connectivity index (χ1v) is 8.85. The number of nitrogens with zero attached hydrogens (tertiary/aromatic N) is 2. The van der Waals surface area contributed by atoms with E-state index in [2.05, 4.69) is 36.4 Å². The molecule has 1 saturated heterocycles. The summed E-state index contributed by atoms with van der Waals surface area (Å²) in [7, 11) is 0. The van der Waals surface area contributed by atoms with Gasteiger partial charge in [-0.05, 0) is 31.9 Å². The molecule has 1 aromatic rings. The Labute approximate surface area is 126 Å². The Bertz CT molecular complexity index is 430. The highest BCUT2D eigenvalue weighted by Crippen LogP contribution is 2.25. The zero-order valence-corrected chi connectivity index (χ0v) is 13.6. The lowest BCUT2D eigenvalue weighted by atomic mass is 10.2. The summed E-state index contributed by atoms with van der Waals surface area (Å²) in [6.45, 7) is 7.41. The third-order valence-electron chi connectivity index (χ3n) is 3.48. The fourth-order valence-electron chi connectivity index (χ4n) is 2.30. The van der Waals surface area contributed by atoms with E-state index in [0.717, 1.165) is 48.8 Å². The normalized spacial score (nSPS) is 18.2. The third-order valence-corrected chi connectivity index (χ3v) is 4.64. The van der Waals surface area contributed by atoms with E-state index in [0.29, 0.717) is 6.04 Å². The summed E-state index contributed by atoms with van der Waals surface area (Å²) in [6, 6.07) is 0.558. The van der Waals surface area contributed by atoms with Crippen molar-refractivity contribution in [3.05, 3.63) is 11.4 Å². The van der Waals surface area contributed by atoms with Crippen molar-refractivity contribution in [1.29, 1.82) is 0 Å². The number of hydrogen-bond donors (Lipinski definition) is 2. The van der Waals surface area contributed by atoms with Crippen molar-refractivity contribution in [3.63, 3.8) is 0 Å². The summed E-state index contributed by atoms with van der Waals surface area (Å²) < 4.78 is 0. The Morgan fingerprint density at radius 3 is 2.65 bits per heavy atom. The van der Waals surface area contributed by atoms with E-state index in [1.54, 1.807) is 0 Å². The van der Waals surface area contributed by atoms with Gasteiger partial charge >= 0.3 is 0 Å². The highest BCUT2D eigenvalue weighted by molar-refractivity contribution is 7.99. The first kappa shape index (κ1) is 15.4. The average Bonchev–Trinajstić information content (AvgIpc) is 2.94. The second-order valence-corrected chi connectivity index (χ2v) is 6.49. The van der Waals surface area contributed by atoms with Crippen LogP contribution in [0.5, 0.6) is 0 Å². The molecule has 0 saturated carbocycles. The lowest BCUT2D eigenvalue weighted by molar-refractivity contribution is 0.786. The van der Waals surface area contributed by atoms with E-state index in [1.165, 1.54) is 17.9 Å². The molecule has 2 N–H and O–H groups in total. The number of hydrogen-bond acceptors (Lipinski definition) is 5. The monoisotopic (exact) mass is 294 g/mol. The van der Waals surface area contributed by atoms with E-state index < -0.39 is 0 Å². The van der Waals surface area contributed by atoms with Crippen LogP contribution in [-0.4, -0.2) is 34.1 Å². The first-order valence-electron chi connectivity index (χ1n) is 7.70. The van der Waals surface area contributed by atoms with E-state index in [4.69, 9.17) is 4.98 Å². The minimum absolute atomic E-state index is 0.558. The molecule has 1 unspecified atom stereocenters. The van der Waals surface area contributed by atoms with Crippen molar-refractivity contribution >= 4 is 23.4 Å². The van der Waals surface area contributed by atoms with Gasteiger partial charge in [0.25, 0.3) is 0 Å². The van der Waals surface area contributed by atoms with Crippen LogP contribution in [0, 0.1) is 6.92 Å². The second-order valence-electron chi connectivity index (χ2n) is 5.34. The van der Waals surface area contributed by atoms with Gasteiger partial charge in [-0.15, -0.1) is 0 Å². The van der Waals surface area contributed by atoms with Gasteiger partial charge in [0.2, 0.25) is 0 Å².